The second kappa shape index (κ2) is 6.38. The SMILES string of the molecule is O=Ic1c(CC(=O)O)cc(I)cc1CC(=O)O. The summed E-state index contributed by atoms with van der Waals surface area (Å²) in [5.41, 5.74) is 0.895. The number of hydrogen-bond acceptors (Lipinski definition) is 3. The van der Waals surface area contributed by atoms with Gasteiger partial charge in [0.25, 0.3) is 0 Å². The first-order valence-corrected chi connectivity index (χ1v) is 7.49. The van der Waals surface area contributed by atoms with E-state index in [0.29, 0.717) is 14.7 Å². The maximum atomic E-state index is 11.2. The Kier molecular flexibility index (Phi) is 5.43. The van der Waals surface area contributed by atoms with Crippen LogP contribution < -0.4 is 0 Å². The van der Waals surface area contributed by atoms with Crippen molar-refractivity contribution in [1.82, 2.24) is 0 Å². The molecule has 1 rings (SSSR count). The minimum Gasteiger partial charge on any atom is -0.481 e. The van der Waals surface area contributed by atoms with Crippen LogP contribution in [0.1, 0.15) is 11.1 Å². The molecule has 0 aromatic heterocycles. The fraction of sp³-hybridized carbons (Fsp3) is 0.200. The minimum absolute atomic E-state index is 0.235. The normalized spacial score (nSPS) is 10.2. The van der Waals surface area contributed by atoms with E-state index < -0.39 is 33.1 Å². The Balaban J connectivity index is 3.28. The van der Waals surface area contributed by atoms with Crippen molar-refractivity contribution < 1.29 is 22.9 Å². The van der Waals surface area contributed by atoms with E-state index in [-0.39, 0.29) is 12.8 Å². The van der Waals surface area contributed by atoms with Crippen molar-refractivity contribution in [3.8, 4) is 0 Å². The van der Waals surface area contributed by atoms with Gasteiger partial charge < -0.3 is 10.2 Å². The van der Waals surface area contributed by atoms with Crippen LogP contribution in [0.15, 0.2) is 12.1 Å². The summed E-state index contributed by atoms with van der Waals surface area (Å²) >= 11 is 0.391. The largest absolute Gasteiger partial charge is 0.481 e. The van der Waals surface area contributed by atoms with Crippen LogP contribution in [-0.4, -0.2) is 22.2 Å². The van der Waals surface area contributed by atoms with Crippen LogP contribution in [0.25, 0.3) is 0 Å². The molecule has 0 radical (unpaired) electrons. The average Bonchev–Trinajstić information content (AvgIpc) is 2.14. The highest BCUT2D eigenvalue weighted by molar-refractivity contribution is 14.1. The first-order chi connectivity index (χ1) is 7.93. The predicted octanol–water partition coefficient (Wildman–Crippen LogP) is 2.03. The number of carboxylic acid groups (broad SMARTS) is 2. The molecule has 7 heteroatoms. The number of carbonyl (C=O) groups is 2. The van der Waals surface area contributed by atoms with Crippen molar-refractivity contribution in [3.63, 3.8) is 0 Å². The predicted molar refractivity (Wildman–Crippen MR) is 75.2 cm³/mol. The molecule has 0 bridgehead atoms. The average molecular weight is 462 g/mol. The Morgan fingerprint density at radius 3 is 1.82 bits per heavy atom. The molecule has 0 fully saturated rings. The lowest BCUT2D eigenvalue weighted by Gasteiger charge is -2.07. The Bertz CT molecular complexity index is 447. The van der Waals surface area contributed by atoms with Gasteiger partial charge in [0.2, 0.25) is 0 Å². The lowest BCUT2D eigenvalue weighted by atomic mass is 10.1. The zero-order chi connectivity index (χ0) is 13.0. The van der Waals surface area contributed by atoms with Crippen LogP contribution in [0.2, 0.25) is 0 Å². The molecule has 1 aromatic carbocycles. The number of rotatable bonds is 5. The molecule has 5 nitrogen and oxygen atoms in total. The third-order valence-corrected chi connectivity index (χ3v) is 4.40. The second-order valence-corrected chi connectivity index (χ2v) is 6.02. The molecule has 17 heavy (non-hydrogen) atoms. The van der Waals surface area contributed by atoms with Crippen LogP contribution in [-0.2, 0) is 25.5 Å². The maximum absolute atomic E-state index is 11.2. The molecular weight excluding hydrogens is 454 g/mol. The number of carboxylic acids is 2. The van der Waals surface area contributed by atoms with Gasteiger partial charge in [0, 0.05) is 3.57 Å². The Morgan fingerprint density at radius 2 is 1.53 bits per heavy atom. The van der Waals surface area contributed by atoms with Gasteiger partial charge in [-0.2, -0.15) is 0 Å². The highest BCUT2D eigenvalue weighted by Crippen LogP contribution is 2.25. The van der Waals surface area contributed by atoms with Crippen LogP contribution >= 0.6 is 43.8 Å². The van der Waals surface area contributed by atoms with E-state index in [0.717, 1.165) is 3.57 Å². The van der Waals surface area contributed by atoms with Gasteiger partial charge in [0.1, 0.15) is 0 Å². The van der Waals surface area contributed by atoms with Gasteiger partial charge in [-0.05, 0) is 45.9 Å². The summed E-state index contributed by atoms with van der Waals surface area (Å²) in [6.07, 6.45) is -0.471. The lowest BCUT2D eigenvalue weighted by Crippen LogP contribution is -2.08. The Morgan fingerprint density at radius 1 is 1.12 bits per heavy atom. The van der Waals surface area contributed by atoms with Crippen molar-refractivity contribution in [2.75, 3.05) is 0 Å². The molecule has 0 unspecified atom stereocenters. The minimum atomic E-state index is -1.59. The summed E-state index contributed by atoms with van der Waals surface area (Å²) in [7, 11) is 0. The highest BCUT2D eigenvalue weighted by atomic mass is 127. The summed E-state index contributed by atoms with van der Waals surface area (Å²) in [5.74, 6) is -2.04. The first kappa shape index (κ1) is 14.5. The van der Waals surface area contributed by atoms with Crippen molar-refractivity contribution in [2.45, 2.75) is 12.8 Å². The summed E-state index contributed by atoms with van der Waals surface area (Å²) in [5, 5.41) is 17.5. The molecule has 92 valence electrons. The van der Waals surface area contributed by atoms with Crippen LogP contribution in [0.3, 0.4) is 0 Å². The summed E-state index contributed by atoms with van der Waals surface area (Å²) < 4.78 is 12.3. The van der Waals surface area contributed by atoms with E-state index in [1.807, 2.05) is 22.6 Å². The lowest BCUT2D eigenvalue weighted by molar-refractivity contribution is -0.137. The van der Waals surface area contributed by atoms with Crippen LogP contribution in [0.5, 0.6) is 0 Å². The van der Waals surface area contributed by atoms with Gasteiger partial charge in [0.15, 0.2) is 21.2 Å². The standard InChI is InChI=1S/C10H8I2O5/c11-7-1-5(3-8(13)14)10(12-17)6(2-7)4-9(15)16/h1-2H,3-4H2,(H,13,14)(H,15,16). The van der Waals surface area contributed by atoms with Gasteiger partial charge in [-0.1, -0.05) is 0 Å². The molecule has 0 amide bonds. The molecule has 1 aromatic rings. The topological polar surface area (TPSA) is 91.7 Å². The maximum Gasteiger partial charge on any atom is 0.307 e. The number of halogens is 2. The molecule has 2 N–H and O–H groups in total. The number of benzene rings is 1. The molecule has 0 spiro atoms. The number of hydrogen-bond donors (Lipinski definition) is 2. The molecule has 0 aliphatic heterocycles. The molecule has 0 atom stereocenters. The van der Waals surface area contributed by atoms with Gasteiger partial charge in [-0.15, -0.1) is 0 Å². The molecule has 0 aliphatic carbocycles. The highest BCUT2D eigenvalue weighted by Gasteiger charge is 2.15. The molecule has 0 heterocycles. The second-order valence-electron chi connectivity index (χ2n) is 3.26. The molecule has 0 saturated heterocycles. The van der Waals surface area contributed by atoms with E-state index in [9.17, 15) is 12.7 Å². The van der Waals surface area contributed by atoms with Gasteiger partial charge >= 0.3 is 11.9 Å². The van der Waals surface area contributed by atoms with Gasteiger partial charge in [-0.25, -0.2) is 0 Å². The molecule has 0 aliphatic rings. The smallest absolute Gasteiger partial charge is 0.307 e. The van der Waals surface area contributed by atoms with E-state index in [2.05, 4.69) is 0 Å². The quantitative estimate of drug-likeness (QED) is 0.655. The van der Waals surface area contributed by atoms with Crippen LogP contribution in [0, 0.1) is 7.14 Å². The van der Waals surface area contributed by atoms with Crippen molar-refractivity contribution in [2.24, 2.45) is 0 Å². The monoisotopic (exact) mass is 462 g/mol. The van der Waals surface area contributed by atoms with Crippen molar-refractivity contribution in [1.29, 1.82) is 0 Å². The van der Waals surface area contributed by atoms with E-state index >= 15 is 0 Å². The third-order valence-electron chi connectivity index (χ3n) is 1.95. The van der Waals surface area contributed by atoms with E-state index in [1.165, 1.54) is 0 Å². The fourth-order valence-electron chi connectivity index (χ4n) is 1.39. The zero-order valence-corrected chi connectivity index (χ0v) is 12.8. The van der Waals surface area contributed by atoms with Crippen LogP contribution in [0.4, 0.5) is 0 Å². The van der Waals surface area contributed by atoms with Crippen molar-refractivity contribution in [3.05, 3.63) is 30.4 Å². The summed E-state index contributed by atoms with van der Waals surface area (Å²) in [6.45, 7) is 0. The van der Waals surface area contributed by atoms with Gasteiger partial charge in [-0.3, -0.25) is 12.7 Å². The Hall–Kier alpha value is -0.580. The molecular formula is C10H8I2O5. The molecule has 0 saturated carbocycles. The van der Waals surface area contributed by atoms with Crippen molar-refractivity contribution >= 4 is 55.7 Å². The third kappa shape index (κ3) is 4.30. The van der Waals surface area contributed by atoms with E-state index in [4.69, 9.17) is 10.2 Å². The fourth-order valence-corrected chi connectivity index (χ4v) is 3.40. The Labute approximate surface area is 121 Å². The summed E-state index contributed by atoms with van der Waals surface area (Å²) in [6, 6.07) is 3.26. The first-order valence-electron chi connectivity index (χ1n) is 4.46. The number of aliphatic carboxylic acids is 2. The van der Waals surface area contributed by atoms with Gasteiger partial charge in [0.05, 0.1) is 16.4 Å². The van der Waals surface area contributed by atoms with E-state index in [1.54, 1.807) is 12.1 Å². The zero-order valence-electron chi connectivity index (χ0n) is 8.44. The summed E-state index contributed by atoms with van der Waals surface area (Å²) in [4.78, 5) is 21.3.